The molecule has 0 saturated carbocycles. The van der Waals surface area contributed by atoms with Crippen molar-refractivity contribution in [3.05, 3.63) is 17.3 Å². The van der Waals surface area contributed by atoms with E-state index >= 15 is 0 Å². The third-order valence-electron chi connectivity index (χ3n) is 3.25. The predicted molar refractivity (Wildman–Crippen MR) is 70.1 cm³/mol. The molecule has 1 aromatic heterocycles. The average molecular weight is 270 g/mol. The van der Waals surface area contributed by atoms with Crippen LogP contribution in [0.3, 0.4) is 0 Å². The molecular formula is C11H18N4O2S. The summed E-state index contributed by atoms with van der Waals surface area (Å²) in [5.41, 5.74) is 2.03. The van der Waals surface area contributed by atoms with Gasteiger partial charge in [0.15, 0.2) is 5.82 Å². The molecule has 0 aliphatic carbocycles. The van der Waals surface area contributed by atoms with Crippen LogP contribution in [-0.4, -0.2) is 55.4 Å². The van der Waals surface area contributed by atoms with Crippen LogP contribution in [0.25, 0.3) is 0 Å². The van der Waals surface area contributed by atoms with E-state index in [1.54, 1.807) is 0 Å². The van der Waals surface area contributed by atoms with Gasteiger partial charge in [-0.05, 0) is 25.5 Å². The third-order valence-corrected chi connectivity index (χ3v) is 4.55. The summed E-state index contributed by atoms with van der Waals surface area (Å²) in [5.74, 6) is 0.825. The first-order chi connectivity index (χ1) is 8.38. The Kier molecular flexibility index (Phi) is 3.54. The molecule has 100 valence electrons. The van der Waals surface area contributed by atoms with Crippen molar-refractivity contribution in [1.82, 2.24) is 14.5 Å². The Morgan fingerprint density at radius 1 is 1.11 bits per heavy atom. The van der Waals surface area contributed by atoms with Gasteiger partial charge in [-0.25, -0.2) is 8.42 Å². The fourth-order valence-electron chi connectivity index (χ4n) is 1.94. The van der Waals surface area contributed by atoms with Gasteiger partial charge in [0.05, 0.1) is 11.9 Å². The summed E-state index contributed by atoms with van der Waals surface area (Å²) in [6.45, 7) is 6.25. The molecule has 2 rings (SSSR count). The van der Waals surface area contributed by atoms with E-state index < -0.39 is 10.0 Å². The molecule has 0 N–H and O–H groups in total. The van der Waals surface area contributed by atoms with Gasteiger partial charge >= 0.3 is 0 Å². The summed E-state index contributed by atoms with van der Waals surface area (Å²) < 4.78 is 24.3. The molecule has 0 spiro atoms. The van der Waals surface area contributed by atoms with E-state index in [1.807, 2.05) is 19.9 Å². The maximum absolute atomic E-state index is 11.4. The van der Waals surface area contributed by atoms with Crippen LogP contribution in [0.5, 0.6) is 0 Å². The van der Waals surface area contributed by atoms with Gasteiger partial charge in [-0.1, -0.05) is 0 Å². The summed E-state index contributed by atoms with van der Waals surface area (Å²) in [4.78, 5) is 2.07. The first-order valence-corrected chi connectivity index (χ1v) is 7.74. The summed E-state index contributed by atoms with van der Waals surface area (Å²) in [5, 5.41) is 8.26. The van der Waals surface area contributed by atoms with Crippen LogP contribution in [-0.2, 0) is 10.0 Å². The van der Waals surface area contributed by atoms with Crippen LogP contribution in [0.2, 0.25) is 0 Å². The molecular weight excluding hydrogens is 252 g/mol. The van der Waals surface area contributed by atoms with Crippen molar-refractivity contribution >= 4 is 15.8 Å². The zero-order valence-corrected chi connectivity index (χ0v) is 11.7. The fourth-order valence-corrected chi connectivity index (χ4v) is 2.76. The van der Waals surface area contributed by atoms with Gasteiger partial charge in [0.2, 0.25) is 10.0 Å². The minimum atomic E-state index is -3.08. The number of anilines is 1. The Hall–Kier alpha value is -1.21. The summed E-state index contributed by atoms with van der Waals surface area (Å²) in [7, 11) is -3.08. The zero-order chi connectivity index (χ0) is 13.3. The normalized spacial score (nSPS) is 18.1. The lowest BCUT2D eigenvalue weighted by molar-refractivity contribution is 0.386. The molecule has 0 amide bonds. The standard InChI is InChI=1S/C11H18N4O2S/c1-9-8-11(13-12-10(9)2)14-4-6-15(7-5-14)18(3,16)17/h8H,4-7H2,1-3H3. The Balaban J connectivity index is 2.08. The van der Waals surface area contributed by atoms with Gasteiger partial charge in [-0.15, -0.1) is 5.10 Å². The molecule has 7 heteroatoms. The van der Waals surface area contributed by atoms with E-state index in [9.17, 15) is 8.42 Å². The van der Waals surface area contributed by atoms with Crippen molar-refractivity contribution in [2.24, 2.45) is 0 Å². The number of sulfonamides is 1. The van der Waals surface area contributed by atoms with Crippen LogP contribution < -0.4 is 4.90 Å². The number of rotatable bonds is 2. The second-order valence-corrected chi connectivity index (χ2v) is 6.60. The molecule has 0 bridgehead atoms. The highest BCUT2D eigenvalue weighted by Gasteiger charge is 2.24. The first-order valence-electron chi connectivity index (χ1n) is 5.89. The van der Waals surface area contributed by atoms with Crippen molar-refractivity contribution in [2.45, 2.75) is 13.8 Å². The first kappa shape index (κ1) is 13.2. The minimum Gasteiger partial charge on any atom is -0.352 e. The Morgan fingerprint density at radius 2 is 1.72 bits per heavy atom. The fraction of sp³-hybridized carbons (Fsp3) is 0.636. The number of nitrogens with zero attached hydrogens (tertiary/aromatic N) is 4. The largest absolute Gasteiger partial charge is 0.352 e. The van der Waals surface area contributed by atoms with Crippen LogP contribution in [0, 0.1) is 13.8 Å². The second kappa shape index (κ2) is 4.81. The SMILES string of the molecule is Cc1cc(N2CCN(S(C)(=O)=O)CC2)nnc1C. The van der Waals surface area contributed by atoms with Gasteiger partial charge in [-0.3, -0.25) is 0 Å². The number of aromatic nitrogens is 2. The molecule has 1 fully saturated rings. The lowest BCUT2D eigenvalue weighted by Crippen LogP contribution is -2.48. The molecule has 0 unspecified atom stereocenters. The topological polar surface area (TPSA) is 66.4 Å². The number of piperazine rings is 1. The van der Waals surface area contributed by atoms with Gasteiger partial charge in [0.1, 0.15) is 0 Å². The quantitative estimate of drug-likeness (QED) is 0.766. The van der Waals surface area contributed by atoms with E-state index in [2.05, 4.69) is 15.1 Å². The van der Waals surface area contributed by atoms with Crippen LogP contribution in [0.4, 0.5) is 5.82 Å². The predicted octanol–water partition coefficient (Wildman–Crippen LogP) is 0.175. The smallest absolute Gasteiger partial charge is 0.211 e. The third kappa shape index (κ3) is 2.78. The van der Waals surface area contributed by atoms with E-state index in [1.165, 1.54) is 10.6 Å². The molecule has 1 aliphatic heterocycles. The van der Waals surface area contributed by atoms with Gasteiger partial charge in [-0.2, -0.15) is 9.40 Å². The summed E-state index contributed by atoms with van der Waals surface area (Å²) >= 11 is 0. The van der Waals surface area contributed by atoms with Crippen LogP contribution in [0.15, 0.2) is 6.07 Å². The van der Waals surface area contributed by atoms with Crippen molar-refractivity contribution in [3.63, 3.8) is 0 Å². The lowest BCUT2D eigenvalue weighted by atomic mass is 10.2. The van der Waals surface area contributed by atoms with E-state index in [4.69, 9.17) is 0 Å². The Morgan fingerprint density at radius 3 is 2.22 bits per heavy atom. The molecule has 0 aromatic carbocycles. The highest BCUT2D eigenvalue weighted by molar-refractivity contribution is 7.88. The summed E-state index contributed by atoms with van der Waals surface area (Å²) in [6, 6.07) is 2.00. The molecule has 1 saturated heterocycles. The minimum absolute atomic E-state index is 0.507. The molecule has 1 aromatic rings. The van der Waals surface area contributed by atoms with E-state index in [0.717, 1.165) is 17.1 Å². The van der Waals surface area contributed by atoms with Crippen molar-refractivity contribution in [3.8, 4) is 0 Å². The maximum Gasteiger partial charge on any atom is 0.211 e. The molecule has 0 radical (unpaired) electrons. The molecule has 6 nitrogen and oxygen atoms in total. The highest BCUT2D eigenvalue weighted by atomic mass is 32.2. The summed E-state index contributed by atoms with van der Waals surface area (Å²) in [6.07, 6.45) is 1.25. The molecule has 2 heterocycles. The number of aryl methyl sites for hydroxylation is 2. The molecule has 0 atom stereocenters. The average Bonchev–Trinajstić information content (AvgIpc) is 2.32. The van der Waals surface area contributed by atoms with Crippen LogP contribution in [0.1, 0.15) is 11.3 Å². The van der Waals surface area contributed by atoms with Crippen molar-refractivity contribution < 1.29 is 8.42 Å². The van der Waals surface area contributed by atoms with Gasteiger partial charge in [0, 0.05) is 26.2 Å². The highest BCUT2D eigenvalue weighted by Crippen LogP contribution is 2.16. The molecule has 18 heavy (non-hydrogen) atoms. The van der Waals surface area contributed by atoms with Gasteiger partial charge in [0.25, 0.3) is 0 Å². The van der Waals surface area contributed by atoms with E-state index in [-0.39, 0.29) is 0 Å². The number of hydrogen-bond donors (Lipinski definition) is 0. The monoisotopic (exact) mass is 270 g/mol. The van der Waals surface area contributed by atoms with Crippen LogP contribution >= 0.6 is 0 Å². The Bertz CT molecular complexity index is 536. The Labute approximate surface area is 108 Å². The lowest BCUT2D eigenvalue weighted by Gasteiger charge is -2.33. The van der Waals surface area contributed by atoms with E-state index in [0.29, 0.717) is 26.2 Å². The zero-order valence-electron chi connectivity index (χ0n) is 10.9. The van der Waals surface area contributed by atoms with Gasteiger partial charge < -0.3 is 4.90 Å². The number of hydrogen-bond acceptors (Lipinski definition) is 5. The molecule has 1 aliphatic rings. The van der Waals surface area contributed by atoms with Crippen molar-refractivity contribution in [2.75, 3.05) is 37.3 Å². The van der Waals surface area contributed by atoms with Crippen molar-refractivity contribution in [1.29, 1.82) is 0 Å². The second-order valence-electron chi connectivity index (χ2n) is 4.62. The maximum atomic E-state index is 11.4.